The average Bonchev–Trinajstić information content (AvgIpc) is 3.06. The standard InChI is InChI=1S/C38H39N2O5PS/c1-27(41)26-47-36-33(39-32(42)25-28-17-9-5-10-18-28)34(43)40(36)35(37(44)45-38(2,3)4)46(29-19-11-6-12-20-29,30-21-13-7-14-22-30)31-23-15-8-16-24-31/h5-24,33,36H,25-26H2,1-4H3,(H,39,42)/t33-,36-/m1/s1. The summed E-state index contributed by atoms with van der Waals surface area (Å²) >= 11 is 1.23. The molecule has 1 aliphatic heterocycles. The minimum absolute atomic E-state index is 0.0854. The Morgan fingerprint density at radius 3 is 1.64 bits per heavy atom. The minimum Gasteiger partial charge on any atom is -0.455 e. The van der Waals surface area contributed by atoms with E-state index in [1.54, 1.807) is 20.8 Å². The predicted molar refractivity (Wildman–Crippen MR) is 192 cm³/mol. The van der Waals surface area contributed by atoms with Crippen LogP contribution in [0.25, 0.3) is 0 Å². The number of nitrogens with zero attached hydrogens (tertiary/aromatic N) is 1. The Labute approximate surface area is 280 Å². The number of rotatable bonds is 11. The molecule has 0 saturated carbocycles. The van der Waals surface area contributed by atoms with Gasteiger partial charge in [-0.25, -0.2) is 4.79 Å². The molecule has 1 fully saturated rings. The van der Waals surface area contributed by atoms with Gasteiger partial charge in [-0.15, -0.1) is 11.8 Å². The smallest absolute Gasteiger partial charge is 0.356 e. The van der Waals surface area contributed by atoms with Crippen molar-refractivity contribution in [1.82, 2.24) is 10.2 Å². The number of carbonyl (C=O) groups is 4. The van der Waals surface area contributed by atoms with E-state index in [-0.39, 0.29) is 29.3 Å². The van der Waals surface area contributed by atoms with Crippen LogP contribution in [0.3, 0.4) is 0 Å². The van der Waals surface area contributed by atoms with E-state index in [1.165, 1.54) is 23.6 Å². The molecule has 7 nitrogen and oxygen atoms in total. The summed E-state index contributed by atoms with van der Waals surface area (Å²) in [6.07, 6.45) is 0.0896. The van der Waals surface area contributed by atoms with Crippen LogP contribution in [-0.2, 0) is 30.3 Å². The van der Waals surface area contributed by atoms with Crippen molar-refractivity contribution in [2.75, 3.05) is 5.75 Å². The predicted octanol–water partition coefficient (Wildman–Crippen LogP) is 4.67. The van der Waals surface area contributed by atoms with Crippen LogP contribution in [0.5, 0.6) is 0 Å². The zero-order valence-electron chi connectivity index (χ0n) is 27.0. The molecule has 1 N–H and O–H groups in total. The second-order valence-corrected chi connectivity index (χ2v) is 16.7. The van der Waals surface area contributed by atoms with Gasteiger partial charge in [0.25, 0.3) is 5.91 Å². The van der Waals surface area contributed by atoms with Gasteiger partial charge in [-0.05, 0) is 49.2 Å². The molecule has 2 atom stereocenters. The Hall–Kier alpha value is -4.39. The van der Waals surface area contributed by atoms with Crippen molar-refractivity contribution in [2.24, 2.45) is 0 Å². The lowest BCUT2D eigenvalue weighted by Crippen LogP contribution is -2.72. The van der Waals surface area contributed by atoms with Crippen molar-refractivity contribution in [2.45, 2.75) is 51.1 Å². The molecule has 9 heteroatoms. The summed E-state index contributed by atoms with van der Waals surface area (Å²) in [6.45, 7) is 3.74. The van der Waals surface area contributed by atoms with Gasteiger partial charge in [0, 0.05) is 6.89 Å². The second kappa shape index (κ2) is 14.6. The lowest BCUT2D eigenvalue weighted by Gasteiger charge is -2.49. The normalized spacial score (nSPS) is 16.2. The Morgan fingerprint density at radius 1 is 0.766 bits per heavy atom. The Balaban J connectivity index is 1.78. The maximum Gasteiger partial charge on any atom is 0.356 e. The van der Waals surface area contributed by atoms with Gasteiger partial charge in [0.1, 0.15) is 28.2 Å². The summed E-state index contributed by atoms with van der Waals surface area (Å²) in [6, 6.07) is 37.6. The lowest BCUT2D eigenvalue weighted by atomic mass is 10.1. The fourth-order valence-corrected chi connectivity index (χ4v) is 11.3. The molecule has 1 heterocycles. The SMILES string of the molecule is CC(=O)CS[C@@H]1[C@H](NC(=O)Cc2ccccc2)C(=O)N1C(C(=O)OC(C)(C)C)=P(c1ccccc1)(c1ccccc1)c1ccccc1. The fraction of sp³-hybridized carbons (Fsp3) is 0.237. The maximum atomic E-state index is 14.8. The molecule has 242 valence electrons. The van der Waals surface area contributed by atoms with E-state index in [9.17, 15) is 19.2 Å². The van der Waals surface area contributed by atoms with Gasteiger partial charge in [0.15, 0.2) is 0 Å². The third-order valence-electron chi connectivity index (χ3n) is 7.58. The van der Waals surface area contributed by atoms with Crippen LogP contribution in [0, 0.1) is 0 Å². The monoisotopic (exact) mass is 666 g/mol. The van der Waals surface area contributed by atoms with Gasteiger partial charge in [-0.1, -0.05) is 121 Å². The van der Waals surface area contributed by atoms with Gasteiger partial charge in [-0.3, -0.25) is 19.3 Å². The number of likely N-dealkylation sites (tertiary alicyclic amines) is 1. The van der Waals surface area contributed by atoms with Crippen LogP contribution in [-0.4, -0.2) is 56.7 Å². The summed E-state index contributed by atoms with van der Waals surface area (Å²) in [7, 11) is 0. The number of β-lactam (4-membered cyclic amide) rings is 1. The lowest BCUT2D eigenvalue weighted by molar-refractivity contribution is -0.151. The van der Waals surface area contributed by atoms with E-state index in [4.69, 9.17) is 4.74 Å². The molecule has 5 rings (SSSR count). The number of ether oxygens (including phenoxy) is 1. The number of amides is 2. The summed E-state index contributed by atoms with van der Waals surface area (Å²) < 4.78 is 6.14. The first-order valence-corrected chi connectivity index (χ1v) is 18.3. The first-order valence-electron chi connectivity index (χ1n) is 15.5. The topological polar surface area (TPSA) is 92.8 Å². The van der Waals surface area contributed by atoms with Crippen LogP contribution in [0.15, 0.2) is 121 Å². The van der Waals surface area contributed by atoms with Crippen LogP contribution in [0.2, 0.25) is 0 Å². The fourth-order valence-electron chi connectivity index (χ4n) is 5.69. The number of nitrogens with one attached hydrogen (secondary N) is 1. The van der Waals surface area contributed by atoms with Crippen LogP contribution in [0.1, 0.15) is 33.3 Å². The van der Waals surface area contributed by atoms with Gasteiger partial charge >= 0.3 is 5.97 Å². The highest BCUT2D eigenvalue weighted by molar-refractivity contribution is 8.01. The molecule has 0 radical (unpaired) electrons. The van der Waals surface area contributed by atoms with Crippen molar-refractivity contribution in [3.05, 3.63) is 127 Å². The largest absolute Gasteiger partial charge is 0.455 e. The molecule has 1 saturated heterocycles. The third-order valence-corrected chi connectivity index (χ3v) is 13.2. The van der Waals surface area contributed by atoms with E-state index in [1.807, 2.05) is 121 Å². The van der Waals surface area contributed by atoms with E-state index in [0.29, 0.717) is 0 Å². The van der Waals surface area contributed by atoms with Crippen LogP contribution < -0.4 is 21.2 Å². The Morgan fingerprint density at radius 2 is 1.21 bits per heavy atom. The second-order valence-electron chi connectivity index (χ2n) is 12.3. The summed E-state index contributed by atoms with van der Waals surface area (Å²) in [5, 5.41) is 4.76. The molecule has 4 aromatic carbocycles. The van der Waals surface area contributed by atoms with Crippen molar-refractivity contribution < 1.29 is 23.9 Å². The number of ketones is 1. The van der Waals surface area contributed by atoms with Crippen molar-refractivity contribution >= 4 is 63.5 Å². The van der Waals surface area contributed by atoms with E-state index >= 15 is 0 Å². The molecular weight excluding hydrogens is 627 g/mol. The van der Waals surface area contributed by atoms with Crippen molar-refractivity contribution in [1.29, 1.82) is 0 Å². The van der Waals surface area contributed by atoms with E-state index in [0.717, 1.165) is 21.5 Å². The maximum absolute atomic E-state index is 14.8. The van der Waals surface area contributed by atoms with Crippen molar-refractivity contribution in [3.63, 3.8) is 0 Å². The molecule has 0 aromatic heterocycles. The number of Topliss-reactive ketones (excluding diaryl/α,β-unsaturated/α-hetero) is 1. The molecule has 0 bridgehead atoms. The molecule has 2 amide bonds. The molecule has 0 aliphatic carbocycles. The molecule has 4 aromatic rings. The van der Waals surface area contributed by atoms with Crippen LogP contribution in [0.4, 0.5) is 0 Å². The van der Waals surface area contributed by atoms with Crippen molar-refractivity contribution in [3.8, 4) is 0 Å². The highest BCUT2D eigenvalue weighted by Crippen LogP contribution is 2.49. The quantitative estimate of drug-likeness (QED) is 0.142. The zero-order chi connectivity index (χ0) is 33.6. The van der Waals surface area contributed by atoms with E-state index < -0.39 is 35.8 Å². The highest BCUT2D eigenvalue weighted by atomic mass is 32.2. The van der Waals surface area contributed by atoms with Crippen LogP contribution >= 0.6 is 18.6 Å². The highest BCUT2D eigenvalue weighted by Gasteiger charge is 2.55. The number of benzene rings is 4. The van der Waals surface area contributed by atoms with Gasteiger partial charge in [0.2, 0.25) is 5.91 Å². The summed E-state index contributed by atoms with van der Waals surface area (Å²) in [5.74, 6) is -1.37. The van der Waals surface area contributed by atoms with E-state index in [2.05, 4.69) is 5.32 Å². The molecular formula is C38H39N2O5PS. The summed E-state index contributed by atoms with van der Waals surface area (Å²) in [4.78, 5) is 56.3. The molecule has 47 heavy (non-hydrogen) atoms. The minimum atomic E-state index is -3.13. The first-order chi connectivity index (χ1) is 22.5. The van der Waals surface area contributed by atoms with Gasteiger partial charge in [0.05, 0.1) is 12.2 Å². The molecule has 0 spiro atoms. The Bertz CT molecular complexity index is 1690. The van der Waals surface area contributed by atoms with Gasteiger partial charge < -0.3 is 10.1 Å². The Kier molecular flexibility index (Phi) is 10.5. The number of esters is 1. The number of carbonyl (C=O) groups excluding carboxylic acids is 4. The molecule has 0 unspecified atom stereocenters. The summed E-state index contributed by atoms with van der Waals surface area (Å²) in [5.41, 5.74) is 0.141. The van der Waals surface area contributed by atoms with Gasteiger partial charge in [-0.2, -0.15) is 0 Å². The first kappa shape index (κ1) is 34.0. The molecule has 1 aliphatic rings. The zero-order valence-corrected chi connectivity index (χ0v) is 28.7. The number of hydrogen-bond acceptors (Lipinski definition) is 6. The number of hydrogen-bond donors (Lipinski definition) is 1. The third kappa shape index (κ3) is 7.45. The number of thioether (sulfide) groups is 1. The average molecular weight is 667 g/mol.